The van der Waals surface area contributed by atoms with Gasteiger partial charge in [0, 0.05) is 5.69 Å². The molecule has 3 rings (SSSR count). The van der Waals surface area contributed by atoms with Crippen LogP contribution in [0.15, 0.2) is 71.6 Å². The molecule has 0 saturated carbocycles. The Morgan fingerprint density at radius 1 is 0.900 bits per heavy atom. The minimum absolute atomic E-state index is 0.116. The lowest BCUT2D eigenvalue weighted by Gasteiger charge is -2.15. The minimum Gasteiger partial charge on any atom is -0.496 e. The molecule has 0 spiro atoms. The van der Waals surface area contributed by atoms with Gasteiger partial charge in [-0.1, -0.05) is 35.9 Å². The molecule has 2 N–H and O–H groups in total. The van der Waals surface area contributed by atoms with E-state index in [-0.39, 0.29) is 27.0 Å². The highest BCUT2D eigenvalue weighted by Gasteiger charge is 2.22. The molecular weight excluding hydrogens is 428 g/mol. The second-order valence-corrected chi connectivity index (χ2v) is 8.16. The highest BCUT2D eigenvalue weighted by molar-refractivity contribution is 7.92. The van der Waals surface area contributed by atoms with Crippen LogP contribution in [0.3, 0.4) is 0 Å². The van der Waals surface area contributed by atoms with Gasteiger partial charge in [-0.05, 0) is 42.5 Å². The number of nitrogens with one attached hydrogen (secondary N) is 2. The molecule has 0 aliphatic carbocycles. The van der Waals surface area contributed by atoms with Gasteiger partial charge < -0.3 is 14.8 Å². The Balaban J connectivity index is 1.93. The summed E-state index contributed by atoms with van der Waals surface area (Å²) in [7, 11) is -1.23. The van der Waals surface area contributed by atoms with Gasteiger partial charge in [0.25, 0.3) is 15.9 Å². The Morgan fingerprint density at radius 3 is 2.27 bits per heavy atom. The number of hydrogen-bond donors (Lipinski definition) is 2. The third-order valence-electron chi connectivity index (χ3n) is 4.18. The molecule has 0 heterocycles. The number of benzene rings is 3. The SMILES string of the molecule is COc1ccccc1C(=O)Nc1ccc(OC)c(S(=O)(=O)Nc2ccccc2Cl)c1. The Labute approximate surface area is 179 Å². The molecule has 30 heavy (non-hydrogen) atoms. The van der Waals surface area contributed by atoms with Gasteiger partial charge in [-0.15, -0.1) is 0 Å². The van der Waals surface area contributed by atoms with Crippen molar-refractivity contribution in [2.75, 3.05) is 24.3 Å². The first kappa shape index (κ1) is 21.5. The number of para-hydroxylation sites is 2. The van der Waals surface area contributed by atoms with Crippen LogP contribution in [0.5, 0.6) is 11.5 Å². The van der Waals surface area contributed by atoms with Crippen molar-refractivity contribution in [2.24, 2.45) is 0 Å². The topological polar surface area (TPSA) is 93.7 Å². The van der Waals surface area contributed by atoms with Crippen LogP contribution in [0.25, 0.3) is 0 Å². The van der Waals surface area contributed by atoms with Gasteiger partial charge in [-0.3, -0.25) is 9.52 Å². The van der Waals surface area contributed by atoms with E-state index in [1.165, 1.54) is 26.4 Å². The Kier molecular flexibility index (Phi) is 6.49. The van der Waals surface area contributed by atoms with Gasteiger partial charge in [-0.25, -0.2) is 8.42 Å². The molecule has 0 atom stereocenters. The summed E-state index contributed by atoms with van der Waals surface area (Å²) in [4.78, 5) is 12.5. The summed E-state index contributed by atoms with van der Waals surface area (Å²) in [5.41, 5.74) is 0.810. The normalized spacial score (nSPS) is 10.9. The van der Waals surface area contributed by atoms with Crippen molar-refractivity contribution < 1.29 is 22.7 Å². The highest BCUT2D eigenvalue weighted by Crippen LogP contribution is 2.31. The summed E-state index contributed by atoms with van der Waals surface area (Å²) >= 11 is 6.06. The molecule has 3 aromatic carbocycles. The third kappa shape index (κ3) is 4.67. The molecule has 3 aromatic rings. The highest BCUT2D eigenvalue weighted by atomic mass is 35.5. The number of halogens is 1. The van der Waals surface area contributed by atoms with E-state index in [2.05, 4.69) is 10.0 Å². The van der Waals surface area contributed by atoms with Gasteiger partial charge in [0.2, 0.25) is 0 Å². The number of hydrogen-bond acceptors (Lipinski definition) is 5. The molecule has 0 unspecified atom stereocenters. The van der Waals surface area contributed by atoms with Crippen LogP contribution in [0.1, 0.15) is 10.4 Å². The second kappa shape index (κ2) is 9.06. The second-order valence-electron chi connectivity index (χ2n) is 6.11. The van der Waals surface area contributed by atoms with E-state index in [0.29, 0.717) is 11.3 Å². The van der Waals surface area contributed by atoms with E-state index in [0.717, 1.165) is 0 Å². The Morgan fingerprint density at radius 2 is 1.57 bits per heavy atom. The zero-order chi connectivity index (χ0) is 21.7. The van der Waals surface area contributed by atoms with Crippen molar-refractivity contribution in [3.05, 3.63) is 77.3 Å². The third-order valence-corrected chi connectivity index (χ3v) is 5.90. The molecule has 0 aliphatic rings. The number of ether oxygens (including phenoxy) is 2. The molecule has 7 nitrogen and oxygen atoms in total. The van der Waals surface area contributed by atoms with Crippen molar-refractivity contribution >= 4 is 38.9 Å². The van der Waals surface area contributed by atoms with Crippen molar-refractivity contribution in [3.8, 4) is 11.5 Å². The average molecular weight is 447 g/mol. The van der Waals surface area contributed by atoms with E-state index in [1.54, 1.807) is 54.6 Å². The zero-order valence-corrected chi connectivity index (χ0v) is 17.8. The lowest BCUT2D eigenvalue weighted by atomic mass is 10.2. The first-order valence-electron chi connectivity index (χ1n) is 8.75. The zero-order valence-electron chi connectivity index (χ0n) is 16.2. The van der Waals surface area contributed by atoms with Crippen LogP contribution < -0.4 is 19.5 Å². The molecule has 0 radical (unpaired) electrons. The van der Waals surface area contributed by atoms with Crippen LogP contribution in [-0.4, -0.2) is 28.5 Å². The summed E-state index contributed by atoms with van der Waals surface area (Å²) in [6.45, 7) is 0. The summed E-state index contributed by atoms with van der Waals surface area (Å²) in [5, 5.41) is 2.93. The van der Waals surface area contributed by atoms with Crippen LogP contribution in [0, 0.1) is 0 Å². The van der Waals surface area contributed by atoms with Crippen LogP contribution in [-0.2, 0) is 10.0 Å². The summed E-state index contributed by atoms with van der Waals surface area (Å²) in [6.07, 6.45) is 0. The van der Waals surface area contributed by atoms with E-state index < -0.39 is 15.9 Å². The predicted octanol–water partition coefficient (Wildman–Crippen LogP) is 4.41. The maximum Gasteiger partial charge on any atom is 0.265 e. The minimum atomic E-state index is -4.05. The molecule has 156 valence electrons. The standard InChI is InChI=1S/C21H19ClN2O5S/c1-28-18-10-6-3-7-15(18)21(25)23-14-11-12-19(29-2)20(13-14)30(26,27)24-17-9-5-4-8-16(17)22/h3-13,24H,1-2H3,(H,23,25). The molecule has 0 aliphatic heterocycles. The van der Waals surface area contributed by atoms with Crippen LogP contribution in [0.4, 0.5) is 11.4 Å². The number of carbonyl (C=O) groups is 1. The van der Waals surface area contributed by atoms with Crippen LogP contribution in [0.2, 0.25) is 5.02 Å². The van der Waals surface area contributed by atoms with Crippen LogP contribution >= 0.6 is 11.6 Å². The van der Waals surface area contributed by atoms with Gasteiger partial charge in [0.1, 0.15) is 16.4 Å². The fraction of sp³-hybridized carbons (Fsp3) is 0.0952. The average Bonchev–Trinajstić information content (AvgIpc) is 2.75. The van der Waals surface area contributed by atoms with E-state index in [9.17, 15) is 13.2 Å². The smallest absolute Gasteiger partial charge is 0.265 e. The van der Waals surface area contributed by atoms with Crippen molar-refractivity contribution in [1.29, 1.82) is 0 Å². The number of carbonyl (C=O) groups excluding carboxylic acids is 1. The lowest BCUT2D eigenvalue weighted by molar-refractivity contribution is 0.102. The molecule has 0 saturated heterocycles. The van der Waals surface area contributed by atoms with E-state index >= 15 is 0 Å². The fourth-order valence-electron chi connectivity index (χ4n) is 2.74. The molecule has 0 aromatic heterocycles. The number of amides is 1. The molecule has 0 fully saturated rings. The molecule has 0 bridgehead atoms. The number of anilines is 2. The van der Waals surface area contributed by atoms with E-state index in [4.69, 9.17) is 21.1 Å². The van der Waals surface area contributed by atoms with Crippen molar-refractivity contribution in [1.82, 2.24) is 0 Å². The van der Waals surface area contributed by atoms with E-state index in [1.807, 2.05) is 0 Å². The quantitative estimate of drug-likeness (QED) is 0.560. The Bertz CT molecular complexity index is 1180. The Hall–Kier alpha value is -3.23. The maximum absolute atomic E-state index is 13.0. The summed E-state index contributed by atoms with van der Waals surface area (Å²) in [6, 6.07) is 17.5. The number of rotatable bonds is 7. The maximum atomic E-state index is 13.0. The molecular formula is C21H19ClN2O5S. The molecule has 9 heteroatoms. The first-order valence-corrected chi connectivity index (χ1v) is 10.6. The van der Waals surface area contributed by atoms with Crippen molar-refractivity contribution in [2.45, 2.75) is 4.90 Å². The largest absolute Gasteiger partial charge is 0.496 e. The number of methoxy groups -OCH3 is 2. The fourth-order valence-corrected chi connectivity index (χ4v) is 4.25. The summed E-state index contributed by atoms with van der Waals surface area (Å²) in [5.74, 6) is 0.0709. The van der Waals surface area contributed by atoms with Gasteiger partial charge in [0.15, 0.2) is 0 Å². The van der Waals surface area contributed by atoms with Crippen molar-refractivity contribution in [3.63, 3.8) is 0 Å². The monoisotopic (exact) mass is 446 g/mol. The number of sulfonamides is 1. The first-order chi connectivity index (χ1) is 14.4. The van der Waals surface area contributed by atoms with Gasteiger partial charge in [-0.2, -0.15) is 0 Å². The predicted molar refractivity (Wildman–Crippen MR) is 116 cm³/mol. The molecule has 1 amide bonds. The van der Waals surface area contributed by atoms with Gasteiger partial charge >= 0.3 is 0 Å². The lowest BCUT2D eigenvalue weighted by Crippen LogP contribution is -2.16. The summed E-state index contributed by atoms with van der Waals surface area (Å²) < 4.78 is 38.7. The van der Waals surface area contributed by atoms with Gasteiger partial charge in [0.05, 0.1) is 30.5 Å².